The van der Waals surface area contributed by atoms with Crippen LogP contribution in [0.1, 0.15) is 22.5 Å². The van der Waals surface area contributed by atoms with Crippen molar-refractivity contribution >= 4 is 17.4 Å². The van der Waals surface area contributed by atoms with Crippen molar-refractivity contribution in [2.45, 2.75) is 6.42 Å². The summed E-state index contributed by atoms with van der Waals surface area (Å²) in [5.74, 6) is 0.882. The standard InChI is InChI=1S/C22H23N5O2/c23-22-18(13-16(14-25-22)15-5-7-17(28)8-6-15)21(29)19-3-1-4-20(26-19)27-11-2-9-24-10-12-27/h1,3-8,13-14,24,28H,2,9-12H2,(H2,23,25). The molecule has 0 atom stereocenters. The number of rotatable bonds is 4. The molecule has 2 aromatic heterocycles. The van der Waals surface area contributed by atoms with Gasteiger partial charge in [0.1, 0.15) is 23.1 Å². The number of aromatic nitrogens is 2. The van der Waals surface area contributed by atoms with Crippen molar-refractivity contribution < 1.29 is 9.90 Å². The predicted octanol–water partition coefficient (Wildman–Crippen LogP) is 2.46. The maximum absolute atomic E-state index is 13.2. The Kier molecular flexibility index (Phi) is 5.39. The maximum Gasteiger partial charge on any atom is 0.215 e. The highest BCUT2D eigenvalue weighted by Crippen LogP contribution is 2.25. The van der Waals surface area contributed by atoms with Crippen LogP contribution in [0.15, 0.2) is 54.7 Å². The summed E-state index contributed by atoms with van der Waals surface area (Å²) in [4.78, 5) is 24.1. The molecule has 3 aromatic rings. The number of nitrogens with zero attached hydrogens (tertiary/aromatic N) is 3. The van der Waals surface area contributed by atoms with E-state index >= 15 is 0 Å². The van der Waals surface area contributed by atoms with Gasteiger partial charge in [-0.15, -0.1) is 0 Å². The third-order valence-corrected chi connectivity index (χ3v) is 4.99. The lowest BCUT2D eigenvalue weighted by molar-refractivity contribution is 0.103. The van der Waals surface area contributed by atoms with E-state index in [1.807, 2.05) is 12.1 Å². The monoisotopic (exact) mass is 389 g/mol. The second-order valence-corrected chi connectivity index (χ2v) is 7.00. The number of ketones is 1. The second-order valence-electron chi connectivity index (χ2n) is 7.00. The molecule has 0 radical (unpaired) electrons. The molecule has 4 rings (SSSR count). The molecule has 29 heavy (non-hydrogen) atoms. The van der Waals surface area contributed by atoms with Crippen molar-refractivity contribution in [3.63, 3.8) is 0 Å². The van der Waals surface area contributed by atoms with Crippen molar-refractivity contribution in [2.75, 3.05) is 36.8 Å². The van der Waals surface area contributed by atoms with Crippen molar-refractivity contribution in [3.05, 3.63) is 66.0 Å². The fourth-order valence-electron chi connectivity index (χ4n) is 3.41. The van der Waals surface area contributed by atoms with Gasteiger partial charge in [0.25, 0.3) is 0 Å². The Morgan fingerprint density at radius 3 is 2.72 bits per heavy atom. The SMILES string of the molecule is Nc1ncc(-c2ccc(O)cc2)cc1C(=O)c1cccc(N2CCCNCC2)n1. The minimum absolute atomic E-state index is 0.170. The van der Waals surface area contributed by atoms with E-state index in [4.69, 9.17) is 5.73 Å². The molecule has 0 aliphatic carbocycles. The molecule has 7 nitrogen and oxygen atoms in total. The van der Waals surface area contributed by atoms with Crippen LogP contribution >= 0.6 is 0 Å². The van der Waals surface area contributed by atoms with Gasteiger partial charge in [0.2, 0.25) is 5.78 Å². The van der Waals surface area contributed by atoms with Gasteiger partial charge in [0, 0.05) is 31.4 Å². The zero-order valence-electron chi connectivity index (χ0n) is 16.0. The van der Waals surface area contributed by atoms with Crippen molar-refractivity contribution in [1.29, 1.82) is 0 Å². The molecule has 148 valence electrons. The first-order valence-corrected chi connectivity index (χ1v) is 9.64. The van der Waals surface area contributed by atoms with E-state index in [9.17, 15) is 9.90 Å². The average Bonchev–Trinajstić information content (AvgIpc) is 3.04. The van der Waals surface area contributed by atoms with Crippen LogP contribution in [0.2, 0.25) is 0 Å². The molecule has 7 heteroatoms. The molecule has 0 saturated carbocycles. The van der Waals surface area contributed by atoms with Crippen molar-refractivity contribution in [2.24, 2.45) is 0 Å². The minimum Gasteiger partial charge on any atom is -0.508 e. The average molecular weight is 389 g/mol. The van der Waals surface area contributed by atoms with Crippen molar-refractivity contribution in [1.82, 2.24) is 15.3 Å². The summed E-state index contributed by atoms with van der Waals surface area (Å²) in [5.41, 5.74) is 8.26. The lowest BCUT2D eigenvalue weighted by Crippen LogP contribution is -2.29. The Morgan fingerprint density at radius 2 is 1.90 bits per heavy atom. The molecule has 0 unspecified atom stereocenters. The largest absolute Gasteiger partial charge is 0.508 e. The number of phenols is 1. The number of aromatic hydroxyl groups is 1. The van der Waals surface area contributed by atoms with Crippen LogP contribution in [-0.2, 0) is 0 Å². The van der Waals surface area contributed by atoms with Crippen LogP contribution in [0.4, 0.5) is 11.6 Å². The van der Waals surface area contributed by atoms with E-state index in [1.165, 1.54) is 0 Å². The van der Waals surface area contributed by atoms with E-state index in [2.05, 4.69) is 20.2 Å². The minimum atomic E-state index is -0.259. The van der Waals surface area contributed by atoms with Gasteiger partial charge in [-0.3, -0.25) is 4.79 Å². The number of carbonyl (C=O) groups excluding carboxylic acids is 1. The third kappa shape index (κ3) is 4.20. The maximum atomic E-state index is 13.2. The molecule has 3 heterocycles. The summed E-state index contributed by atoms with van der Waals surface area (Å²) in [7, 11) is 0. The third-order valence-electron chi connectivity index (χ3n) is 4.99. The number of benzene rings is 1. The molecule has 0 spiro atoms. The van der Waals surface area contributed by atoms with Crippen LogP contribution in [0, 0.1) is 0 Å². The Balaban J connectivity index is 1.65. The summed E-state index contributed by atoms with van der Waals surface area (Å²) < 4.78 is 0. The van der Waals surface area contributed by atoms with E-state index in [-0.39, 0.29) is 17.4 Å². The van der Waals surface area contributed by atoms with E-state index in [0.717, 1.165) is 49.5 Å². The molecule has 1 aliphatic rings. The van der Waals surface area contributed by atoms with E-state index < -0.39 is 0 Å². The Labute approximate surface area is 169 Å². The van der Waals surface area contributed by atoms with Gasteiger partial charge < -0.3 is 21.1 Å². The van der Waals surface area contributed by atoms with Gasteiger partial charge in [0.15, 0.2) is 0 Å². The molecule has 4 N–H and O–H groups in total. The molecular formula is C22H23N5O2. The molecular weight excluding hydrogens is 366 g/mol. The highest BCUT2D eigenvalue weighted by atomic mass is 16.3. The van der Waals surface area contributed by atoms with Gasteiger partial charge in [-0.25, -0.2) is 9.97 Å². The Hall–Kier alpha value is -3.45. The second kappa shape index (κ2) is 8.28. The molecule has 1 fully saturated rings. The summed E-state index contributed by atoms with van der Waals surface area (Å²) in [6.07, 6.45) is 2.65. The molecule has 1 aliphatic heterocycles. The first kappa shape index (κ1) is 18.9. The zero-order chi connectivity index (χ0) is 20.2. The first-order valence-electron chi connectivity index (χ1n) is 9.64. The fourth-order valence-corrected chi connectivity index (χ4v) is 3.41. The van der Waals surface area contributed by atoms with Crippen LogP contribution < -0.4 is 16.0 Å². The number of phenolic OH excluding ortho intramolecular Hbond substituents is 1. The van der Waals surface area contributed by atoms with Gasteiger partial charge in [0.05, 0.1) is 5.56 Å². The van der Waals surface area contributed by atoms with Crippen LogP contribution in [0.5, 0.6) is 5.75 Å². The number of nitrogens with two attached hydrogens (primary N) is 1. The number of pyridine rings is 2. The van der Waals surface area contributed by atoms with Crippen LogP contribution in [0.3, 0.4) is 0 Å². The summed E-state index contributed by atoms with van der Waals surface area (Å²) >= 11 is 0. The Morgan fingerprint density at radius 1 is 1.07 bits per heavy atom. The van der Waals surface area contributed by atoms with Crippen molar-refractivity contribution in [3.8, 4) is 16.9 Å². The number of nitrogen functional groups attached to an aromatic ring is 1. The topological polar surface area (TPSA) is 104 Å². The molecule has 0 amide bonds. The van der Waals surface area contributed by atoms with Gasteiger partial charge in [-0.1, -0.05) is 18.2 Å². The number of nitrogens with one attached hydrogen (secondary N) is 1. The highest BCUT2D eigenvalue weighted by Gasteiger charge is 2.18. The number of hydrogen-bond donors (Lipinski definition) is 3. The Bertz CT molecular complexity index is 1010. The van der Waals surface area contributed by atoms with Crippen LogP contribution in [0.25, 0.3) is 11.1 Å². The summed E-state index contributed by atoms with van der Waals surface area (Å²) in [6, 6.07) is 13.9. The number of carbonyl (C=O) groups is 1. The highest BCUT2D eigenvalue weighted by molar-refractivity contribution is 6.11. The smallest absolute Gasteiger partial charge is 0.215 e. The lowest BCUT2D eigenvalue weighted by atomic mass is 10.0. The fraction of sp³-hybridized carbons (Fsp3) is 0.227. The quantitative estimate of drug-likeness (QED) is 0.589. The van der Waals surface area contributed by atoms with Gasteiger partial charge in [-0.2, -0.15) is 0 Å². The predicted molar refractivity (Wildman–Crippen MR) is 113 cm³/mol. The van der Waals surface area contributed by atoms with Gasteiger partial charge >= 0.3 is 0 Å². The number of hydrogen-bond acceptors (Lipinski definition) is 7. The summed E-state index contributed by atoms with van der Waals surface area (Å²) in [6.45, 7) is 3.63. The zero-order valence-corrected chi connectivity index (χ0v) is 16.0. The molecule has 0 bridgehead atoms. The first-order chi connectivity index (χ1) is 14.1. The van der Waals surface area contributed by atoms with Gasteiger partial charge in [-0.05, 0) is 48.9 Å². The van der Waals surface area contributed by atoms with E-state index in [0.29, 0.717) is 11.3 Å². The summed E-state index contributed by atoms with van der Waals surface area (Å²) in [5, 5.41) is 12.9. The normalized spacial score (nSPS) is 14.4. The van der Waals surface area contributed by atoms with Crippen LogP contribution in [-0.4, -0.2) is 47.0 Å². The molecule has 1 saturated heterocycles. The molecule has 1 aromatic carbocycles. The lowest BCUT2D eigenvalue weighted by Gasteiger charge is -2.21. The van der Waals surface area contributed by atoms with E-state index in [1.54, 1.807) is 42.6 Å². The number of anilines is 2.